The zero-order valence-electron chi connectivity index (χ0n) is 12.9. The lowest BCUT2D eigenvalue weighted by molar-refractivity contribution is -0.130. The number of imide groups is 1. The quantitative estimate of drug-likeness (QED) is 0.838. The van der Waals surface area contributed by atoms with Crippen molar-refractivity contribution in [3.05, 3.63) is 16.1 Å². The Bertz CT molecular complexity index is 579. The van der Waals surface area contributed by atoms with E-state index in [-0.39, 0.29) is 18.5 Å². The van der Waals surface area contributed by atoms with E-state index >= 15 is 0 Å². The second-order valence-electron chi connectivity index (χ2n) is 6.37. The van der Waals surface area contributed by atoms with Crippen molar-refractivity contribution < 1.29 is 9.59 Å². The smallest absolute Gasteiger partial charge is 0.322 e. The van der Waals surface area contributed by atoms with E-state index in [2.05, 4.69) is 24.1 Å². The number of rotatable bonds is 5. The zero-order chi connectivity index (χ0) is 15.7. The summed E-state index contributed by atoms with van der Waals surface area (Å²) in [7, 11) is 0. The molecule has 5 nitrogen and oxygen atoms in total. The van der Waals surface area contributed by atoms with Gasteiger partial charge in [-0.2, -0.15) is 11.8 Å². The van der Waals surface area contributed by atoms with Gasteiger partial charge in [0, 0.05) is 11.1 Å². The van der Waals surface area contributed by atoms with Crippen molar-refractivity contribution >= 4 is 35.0 Å². The maximum absolute atomic E-state index is 12.6. The van der Waals surface area contributed by atoms with Crippen LogP contribution >= 0.6 is 23.1 Å². The van der Waals surface area contributed by atoms with Crippen molar-refractivity contribution in [2.24, 2.45) is 5.92 Å². The van der Waals surface area contributed by atoms with Gasteiger partial charge in [0.15, 0.2) is 0 Å². The Kier molecular flexibility index (Phi) is 4.45. The molecule has 1 atom stereocenters. The van der Waals surface area contributed by atoms with Crippen LogP contribution in [0.15, 0.2) is 5.38 Å². The van der Waals surface area contributed by atoms with Gasteiger partial charge in [0.1, 0.15) is 5.54 Å². The van der Waals surface area contributed by atoms with E-state index in [0.29, 0.717) is 11.7 Å². The Morgan fingerprint density at radius 3 is 2.95 bits per heavy atom. The maximum atomic E-state index is 12.6. The van der Waals surface area contributed by atoms with Crippen molar-refractivity contribution in [1.82, 2.24) is 15.2 Å². The monoisotopic (exact) mass is 339 g/mol. The van der Waals surface area contributed by atoms with E-state index in [1.807, 2.05) is 5.38 Å². The molecule has 7 heteroatoms. The highest BCUT2D eigenvalue weighted by Gasteiger charge is 2.52. The summed E-state index contributed by atoms with van der Waals surface area (Å²) in [4.78, 5) is 30.6. The van der Waals surface area contributed by atoms with E-state index in [9.17, 15) is 9.59 Å². The first kappa shape index (κ1) is 15.8. The van der Waals surface area contributed by atoms with Gasteiger partial charge < -0.3 is 5.32 Å². The van der Waals surface area contributed by atoms with Crippen molar-refractivity contribution in [1.29, 1.82) is 0 Å². The molecule has 1 N–H and O–H groups in total. The number of carbonyl (C=O) groups is 2. The van der Waals surface area contributed by atoms with E-state index in [4.69, 9.17) is 0 Å². The Morgan fingerprint density at radius 2 is 2.27 bits per heavy atom. The van der Waals surface area contributed by atoms with Crippen LogP contribution in [0.3, 0.4) is 0 Å². The number of nitrogens with one attached hydrogen (secondary N) is 1. The summed E-state index contributed by atoms with van der Waals surface area (Å²) < 4.78 is 0. The highest BCUT2D eigenvalue weighted by molar-refractivity contribution is 7.99. The van der Waals surface area contributed by atoms with Crippen molar-refractivity contribution in [3.8, 4) is 0 Å². The third-order valence-corrected chi connectivity index (χ3v) is 6.27. The molecule has 3 amide bonds. The van der Waals surface area contributed by atoms with Gasteiger partial charge in [-0.1, -0.05) is 13.8 Å². The number of thioether (sulfide) groups is 1. The normalized spacial score (nSPS) is 24.8. The third-order valence-electron chi connectivity index (χ3n) is 4.12. The molecule has 0 aromatic carbocycles. The minimum Gasteiger partial charge on any atom is -0.322 e. The Labute approximate surface area is 138 Å². The topological polar surface area (TPSA) is 62.3 Å². The van der Waals surface area contributed by atoms with Crippen LogP contribution in [0, 0.1) is 5.92 Å². The second kappa shape index (κ2) is 6.20. The summed E-state index contributed by atoms with van der Waals surface area (Å²) in [6.07, 6.45) is 2.80. The molecule has 2 aliphatic rings. The zero-order valence-corrected chi connectivity index (χ0v) is 14.6. The third kappa shape index (κ3) is 3.01. The van der Waals surface area contributed by atoms with Gasteiger partial charge in [0.05, 0.1) is 17.2 Å². The van der Waals surface area contributed by atoms with Crippen LogP contribution in [-0.2, 0) is 17.8 Å². The number of carbonyl (C=O) groups excluding carboxylic acids is 2. The fourth-order valence-corrected chi connectivity index (χ4v) is 4.89. The van der Waals surface area contributed by atoms with Crippen molar-refractivity contribution in [3.63, 3.8) is 0 Å². The predicted molar refractivity (Wildman–Crippen MR) is 89.0 cm³/mol. The Hall–Kier alpha value is -1.08. The molecule has 22 heavy (non-hydrogen) atoms. The molecule has 0 saturated carbocycles. The van der Waals surface area contributed by atoms with Crippen molar-refractivity contribution in [2.45, 2.75) is 45.2 Å². The van der Waals surface area contributed by atoms with Gasteiger partial charge in [-0.3, -0.25) is 9.69 Å². The summed E-state index contributed by atoms with van der Waals surface area (Å²) in [5.41, 5.74) is 0.160. The molecule has 2 fully saturated rings. The number of aromatic nitrogens is 1. The molecule has 0 bridgehead atoms. The van der Waals surface area contributed by atoms with E-state index in [0.717, 1.165) is 35.7 Å². The minimum atomic E-state index is -0.655. The SMILES string of the molecule is CC(C)CCc1nc(CN2C(=O)N[C@]3(CCSC3)C2=O)cs1. The molecule has 120 valence electrons. The minimum absolute atomic E-state index is 0.0840. The van der Waals surface area contributed by atoms with Crippen LogP contribution in [0.4, 0.5) is 4.79 Å². The highest BCUT2D eigenvalue weighted by atomic mass is 32.2. The predicted octanol–water partition coefficient (Wildman–Crippen LogP) is 2.66. The molecule has 3 heterocycles. The van der Waals surface area contributed by atoms with Gasteiger partial charge in [0.25, 0.3) is 5.91 Å². The molecule has 3 rings (SSSR count). The fourth-order valence-electron chi connectivity index (χ4n) is 2.76. The summed E-state index contributed by atoms with van der Waals surface area (Å²) >= 11 is 3.34. The molecule has 0 radical (unpaired) electrons. The number of hydrogen-bond acceptors (Lipinski definition) is 5. The fraction of sp³-hybridized carbons (Fsp3) is 0.667. The summed E-state index contributed by atoms with van der Waals surface area (Å²) in [5.74, 6) is 2.18. The summed E-state index contributed by atoms with van der Waals surface area (Å²) in [6.45, 7) is 4.68. The first-order valence-electron chi connectivity index (χ1n) is 7.65. The molecule has 2 saturated heterocycles. The molecule has 1 aromatic heterocycles. The molecule has 2 aliphatic heterocycles. The van der Waals surface area contributed by atoms with E-state index < -0.39 is 5.54 Å². The highest BCUT2D eigenvalue weighted by Crippen LogP contribution is 2.34. The van der Waals surface area contributed by atoms with Gasteiger partial charge in [-0.25, -0.2) is 9.78 Å². The number of thiazole rings is 1. The molecule has 0 unspecified atom stereocenters. The maximum Gasteiger partial charge on any atom is 0.325 e. The van der Waals surface area contributed by atoms with Gasteiger partial charge >= 0.3 is 6.03 Å². The molecule has 1 aromatic rings. The van der Waals surface area contributed by atoms with Crippen molar-refractivity contribution in [2.75, 3.05) is 11.5 Å². The number of nitrogens with zero attached hydrogens (tertiary/aromatic N) is 2. The summed E-state index contributed by atoms with van der Waals surface area (Å²) in [5, 5.41) is 5.94. The Morgan fingerprint density at radius 1 is 1.45 bits per heavy atom. The van der Waals surface area contributed by atoms with Crippen LogP contribution in [0.5, 0.6) is 0 Å². The van der Waals surface area contributed by atoms with Crippen LogP contribution in [0.2, 0.25) is 0 Å². The average molecular weight is 339 g/mol. The molecular formula is C15H21N3O2S2. The van der Waals surface area contributed by atoms with Crippen LogP contribution in [0.25, 0.3) is 0 Å². The van der Waals surface area contributed by atoms with Crippen LogP contribution < -0.4 is 5.32 Å². The lowest BCUT2D eigenvalue weighted by Gasteiger charge is -2.18. The number of amides is 3. The second-order valence-corrected chi connectivity index (χ2v) is 8.42. The van der Waals surface area contributed by atoms with E-state index in [1.54, 1.807) is 23.1 Å². The number of hydrogen-bond donors (Lipinski definition) is 1. The van der Waals surface area contributed by atoms with Gasteiger partial charge in [-0.15, -0.1) is 11.3 Å². The lowest BCUT2D eigenvalue weighted by Crippen LogP contribution is -2.46. The average Bonchev–Trinajstić information content (AvgIpc) is 3.15. The molecule has 0 aliphatic carbocycles. The van der Waals surface area contributed by atoms with Gasteiger partial charge in [-0.05, 0) is 30.9 Å². The standard InChI is InChI=1S/C15H21N3O2S2/c1-10(2)3-4-12-16-11(8-22-12)7-18-13(19)15(17-14(18)20)5-6-21-9-15/h8,10H,3-7,9H2,1-2H3,(H,17,20)/t15-/m0/s1. The first-order chi connectivity index (χ1) is 10.5. The summed E-state index contributed by atoms with van der Waals surface area (Å²) in [6, 6.07) is -0.274. The van der Waals surface area contributed by atoms with E-state index in [1.165, 1.54) is 4.90 Å². The largest absolute Gasteiger partial charge is 0.325 e. The Balaban J connectivity index is 1.65. The molecule has 1 spiro atoms. The van der Waals surface area contributed by atoms with Crippen LogP contribution in [-0.4, -0.2) is 38.9 Å². The van der Waals surface area contributed by atoms with Gasteiger partial charge in [0.2, 0.25) is 0 Å². The van der Waals surface area contributed by atoms with Crippen LogP contribution in [0.1, 0.15) is 37.4 Å². The first-order valence-corrected chi connectivity index (χ1v) is 9.69. The number of urea groups is 1. The lowest BCUT2D eigenvalue weighted by atomic mass is 9.99. The molecular weight excluding hydrogens is 318 g/mol. The number of aryl methyl sites for hydroxylation is 1.